The topological polar surface area (TPSA) is 29.3 Å². The second kappa shape index (κ2) is 4.63. The van der Waals surface area contributed by atoms with Gasteiger partial charge in [-0.1, -0.05) is 13.8 Å². The molecule has 0 aromatic carbocycles. The SMILES string of the molecule is CC(C)CC(CN)N1CCCC1(C)C. The third kappa shape index (κ3) is 2.71. The smallest absolute Gasteiger partial charge is 0.0226 e. The number of rotatable bonds is 4. The predicted molar refractivity (Wildman–Crippen MR) is 62.3 cm³/mol. The van der Waals surface area contributed by atoms with Gasteiger partial charge in [0.05, 0.1) is 0 Å². The van der Waals surface area contributed by atoms with Crippen LogP contribution in [0.5, 0.6) is 0 Å². The molecule has 0 bridgehead atoms. The van der Waals surface area contributed by atoms with Crippen molar-refractivity contribution in [3.05, 3.63) is 0 Å². The highest BCUT2D eigenvalue weighted by Gasteiger charge is 2.36. The number of nitrogens with two attached hydrogens (primary N) is 1. The van der Waals surface area contributed by atoms with Crippen LogP contribution in [-0.4, -0.2) is 29.6 Å². The van der Waals surface area contributed by atoms with Gasteiger partial charge in [-0.3, -0.25) is 4.90 Å². The van der Waals surface area contributed by atoms with Crippen molar-refractivity contribution < 1.29 is 0 Å². The Bertz CT molecular complexity index is 175. The summed E-state index contributed by atoms with van der Waals surface area (Å²) in [6.45, 7) is 11.3. The van der Waals surface area contributed by atoms with Crippen LogP contribution in [-0.2, 0) is 0 Å². The van der Waals surface area contributed by atoms with Crippen LogP contribution in [0.3, 0.4) is 0 Å². The molecule has 0 aromatic heterocycles. The lowest BCUT2D eigenvalue weighted by molar-refractivity contribution is 0.105. The maximum atomic E-state index is 5.88. The van der Waals surface area contributed by atoms with Crippen LogP contribution in [0.25, 0.3) is 0 Å². The molecule has 0 aromatic rings. The van der Waals surface area contributed by atoms with E-state index in [9.17, 15) is 0 Å². The molecule has 0 saturated carbocycles. The fourth-order valence-electron chi connectivity index (χ4n) is 2.70. The molecule has 0 aliphatic carbocycles. The van der Waals surface area contributed by atoms with Crippen LogP contribution in [0.4, 0.5) is 0 Å². The summed E-state index contributed by atoms with van der Waals surface area (Å²) in [5.74, 6) is 0.750. The standard InChI is InChI=1S/C12H26N2/c1-10(2)8-11(9-13)14-7-5-6-12(14,3)4/h10-11H,5-9,13H2,1-4H3. The van der Waals surface area contributed by atoms with Gasteiger partial charge in [0.1, 0.15) is 0 Å². The molecule has 1 saturated heterocycles. The molecule has 1 fully saturated rings. The maximum Gasteiger partial charge on any atom is 0.0226 e. The molecular formula is C12H26N2. The summed E-state index contributed by atoms with van der Waals surface area (Å²) >= 11 is 0. The summed E-state index contributed by atoms with van der Waals surface area (Å²) in [6, 6.07) is 0.590. The predicted octanol–water partition coefficient (Wildman–Crippen LogP) is 2.23. The first-order valence-electron chi connectivity index (χ1n) is 5.94. The normalized spacial score (nSPS) is 24.4. The first-order valence-corrected chi connectivity index (χ1v) is 5.94. The fourth-order valence-corrected chi connectivity index (χ4v) is 2.70. The van der Waals surface area contributed by atoms with E-state index in [-0.39, 0.29) is 0 Å². The van der Waals surface area contributed by atoms with Crippen molar-refractivity contribution in [3.63, 3.8) is 0 Å². The Morgan fingerprint density at radius 1 is 1.36 bits per heavy atom. The van der Waals surface area contributed by atoms with Gasteiger partial charge in [-0.2, -0.15) is 0 Å². The van der Waals surface area contributed by atoms with Gasteiger partial charge in [-0.15, -0.1) is 0 Å². The van der Waals surface area contributed by atoms with Crippen LogP contribution in [0.2, 0.25) is 0 Å². The van der Waals surface area contributed by atoms with Crippen molar-refractivity contribution in [1.29, 1.82) is 0 Å². The highest BCUT2D eigenvalue weighted by molar-refractivity contribution is 4.92. The monoisotopic (exact) mass is 198 g/mol. The lowest BCUT2D eigenvalue weighted by Crippen LogP contribution is -2.49. The average molecular weight is 198 g/mol. The third-order valence-corrected chi connectivity index (χ3v) is 3.42. The molecular weight excluding hydrogens is 172 g/mol. The Morgan fingerprint density at radius 2 is 2.00 bits per heavy atom. The largest absolute Gasteiger partial charge is 0.329 e. The minimum atomic E-state index is 0.374. The Kier molecular flexibility index (Phi) is 3.96. The van der Waals surface area contributed by atoms with Gasteiger partial charge < -0.3 is 5.73 Å². The number of hydrogen-bond donors (Lipinski definition) is 1. The molecule has 0 amide bonds. The molecule has 84 valence electrons. The van der Waals surface area contributed by atoms with E-state index >= 15 is 0 Å². The Morgan fingerprint density at radius 3 is 2.36 bits per heavy atom. The Labute approximate surface area is 88.8 Å². The lowest BCUT2D eigenvalue weighted by atomic mass is 9.96. The zero-order valence-corrected chi connectivity index (χ0v) is 10.2. The molecule has 2 heteroatoms. The molecule has 14 heavy (non-hydrogen) atoms. The van der Waals surface area contributed by atoms with Gasteiger partial charge in [-0.05, 0) is 45.6 Å². The molecule has 1 aliphatic heterocycles. The zero-order chi connectivity index (χ0) is 10.8. The maximum absolute atomic E-state index is 5.88. The molecule has 0 spiro atoms. The van der Waals surface area contributed by atoms with Crippen molar-refractivity contribution in [1.82, 2.24) is 4.90 Å². The van der Waals surface area contributed by atoms with Gasteiger partial charge >= 0.3 is 0 Å². The highest BCUT2D eigenvalue weighted by atomic mass is 15.2. The summed E-state index contributed by atoms with van der Waals surface area (Å²) in [7, 11) is 0. The summed E-state index contributed by atoms with van der Waals surface area (Å²) in [6.07, 6.45) is 3.89. The van der Waals surface area contributed by atoms with Crippen LogP contribution in [0.1, 0.15) is 47.0 Å². The number of hydrogen-bond acceptors (Lipinski definition) is 2. The summed E-state index contributed by atoms with van der Waals surface area (Å²) in [4.78, 5) is 2.62. The molecule has 1 heterocycles. The van der Waals surface area contributed by atoms with Gasteiger partial charge in [0.25, 0.3) is 0 Å². The Balaban J connectivity index is 2.59. The van der Waals surface area contributed by atoms with E-state index in [0.29, 0.717) is 11.6 Å². The summed E-state index contributed by atoms with van der Waals surface area (Å²) < 4.78 is 0. The van der Waals surface area contributed by atoms with Crippen LogP contribution in [0, 0.1) is 5.92 Å². The average Bonchev–Trinajstić information content (AvgIpc) is 2.41. The van der Waals surface area contributed by atoms with Crippen LogP contribution in [0.15, 0.2) is 0 Å². The highest BCUT2D eigenvalue weighted by Crippen LogP contribution is 2.31. The summed E-state index contributed by atoms with van der Waals surface area (Å²) in [5.41, 5.74) is 6.25. The van der Waals surface area contributed by atoms with E-state index in [2.05, 4.69) is 32.6 Å². The minimum absolute atomic E-state index is 0.374. The Hall–Kier alpha value is -0.0800. The zero-order valence-electron chi connectivity index (χ0n) is 10.2. The van der Waals surface area contributed by atoms with E-state index in [1.54, 1.807) is 0 Å². The molecule has 1 aliphatic rings. The fraction of sp³-hybridized carbons (Fsp3) is 1.00. The van der Waals surface area contributed by atoms with Crippen LogP contribution < -0.4 is 5.73 Å². The second-order valence-corrected chi connectivity index (χ2v) is 5.63. The van der Waals surface area contributed by atoms with E-state index < -0.39 is 0 Å². The van der Waals surface area contributed by atoms with E-state index in [0.717, 1.165) is 12.5 Å². The van der Waals surface area contributed by atoms with Crippen molar-refractivity contribution in [2.45, 2.75) is 58.5 Å². The molecule has 2 nitrogen and oxygen atoms in total. The molecule has 1 unspecified atom stereocenters. The first-order chi connectivity index (χ1) is 6.47. The van der Waals surface area contributed by atoms with Crippen molar-refractivity contribution >= 4 is 0 Å². The second-order valence-electron chi connectivity index (χ2n) is 5.63. The molecule has 2 N–H and O–H groups in total. The number of likely N-dealkylation sites (tertiary alicyclic amines) is 1. The van der Waals surface area contributed by atoms with Gasteiger partial charge in [0.2, 0.25) is 0 Å². The third-order valence-electron chi connectivity index (χ3n) is 3.42. The van der Waals surface area contributed by atoms with Gasteiger partial charge in [0, 0.05) is 18.1 Å². The molecule has 1 rings (SSSR count). The van der Waals surface area contributed by atoms with Crippen molar-refractivity contribution in [2.24, 2.45) is 11.7 Å². The van der Waals surface area contributed by atoms with Gasteiger partial charge in [0.15, 0.2) is 0 Å². The van der Waals surface area contributed by atoms with Crippen LogP contribution >= 0.6 is 0 Å². The van der Waals surface area contributed by atoms with E-state index in [1.807, 2.05) is 0 Å². The minimum Gasteiger partial charge on any atom is -0.329 e. The number of nitrogens with zero attached hydrogens (tertiary/aromatic N) is 1. The molecule has 0 radical (unpaired) electrons. The summed E-state index contributed by atoms with van der Waals surface area (Å²) in [5, 5.41) is 0. The van der Waals surface area contributed by atoms with Crippen molar-refractivity contribution in [2.75, 3.05) is 13.1 Å². The first kappa shape index (κ1) is 12.0. The molecule has 1 atom stereocenters. The quantitative estimate of drug-likeness (QED) is 0.750. The van der Waals surface area contributed by atoms with E-state index in [4.69, 9.17) is 5.73 Å². The van der Waals surface area contributed by atoms with E-state index in [1.165, 1.54) is 25.8 Å². The van der Waals surface area contributed by atoms with Gasteiger partial charge in [-0.25, -0.2) is 0 Å². The lowest BCUT2D eigenvalue weighted by Gasteiger charge is -2.38. The van der Waals surface area contributed by atoms with Crippen molar-refractivity contribution in [3.8, 4) is 0 Å².